The predicted molar refractivity (Wildman–Crippen MR) is 94.0 cm³/mol. The standard InChI is InChI=1S/C16H18F3N3O2S2/c1-11-3-4-12(2)13(9-11)26(23,24)22-7-5-21(6-8-22)15-20-10-14(25-15)16(17,18)19/h3-4,9-10H,5-8H2,1-2H3. The number of rotatable bonds is 3. The van der Waals surface area contributed by atoms with E-state index in [2.05, 4.69) is 4.98 Å². The number of sulfonamides is 1. The van der Waals surface area contributed by atoms with Crippen molar-refractivity contribution in [3.63, 3.8) is 0 Å². The Balaban J connectivity index is 1.74. The number of benzene rings is 1. The Kier molecular flexibility index (Phi) is 5.02. The number of halogens is 3. The highest BCUT2D eigenvalue weighted by Gasteiger charge is 2.35. The minimum absolute atomic E-state index is 0.205. The molecule has 0 bridgehead atoms. The summed E-state index contributed by atoms with van der Waals surface area (Å²) in [5.41, 5.74) is 1.53. The maximum atomic E-state index is 12.9. The monoisotopic (exact) mass is 405 g/mol. The van der Waals surface area contributed by atoms with Crippen LogP contribution in [0.25, 0.3) is 0 Å². The minimum atomic E-state index is -4.41. The van der Waals surface area contributed by atoms with E-state index in [-0.39, 0.29) is 23.1 Å². The molecule has 1 aliphatic heterocycles. The molecular formula is C16H18F3N3O2S2. The molecule has 5 nitrogen and oxygen atoms in total. The van der Waals surface area contributed by atoms with Crippen LogP contribution < -0.4 is 4.90 Å². The molecule has 0 unspecified atom stereocenters. The van der Waals surface area contributed by atoms with Gasteiger partial charge in [0.1, 0.15) is 4.88 Å². The summed E-state index contributed by atoms with van der Waals surface area (Å²) in [7, 11) is -3.63. The first-order chi connectivity index (χ1) is 12.1. The first-order valence-corrected chi connectivity index (χ1v) is 10.2. The van der Waals surface area contributed by atoms with Crippen molar-refractivity contribution < 1.29 is 21.6 Å². The molecule has 2 aromatic rings. The van der Waals surface area contributed by atoms with Gasteiger partial charge >= 0.3 is 6.18 Å². The minimum Gasteiger partial charge on any atom is -0.345 e. The van der Waals surface area contributed by atoms with Crippen LogP contribution in [-0.2, 0) is 16.2 Å². The molecular weight excluding hydrogens is 387 g/mol. The molecule has 10 heteroatoms. The van der Waals surface area contributed by atoms with E-state index in [0.717, 1.165) is 11.8 Å². The molecule has 142 valence electrons. The van der Waals surface area contributed by atoms with Crippen LogP contribution in [0, 0.1) is 13.8 Å². The molecule has 1 aromatic heterocycles. The smallest absolute Gasteiger partial charge is 0.345 e. The van der Waals surface area contributed by atoms with E-state index in [9.17, 15) is 21.6 Å². The van der Waals surface area contributed by atoms with Crippen LogP contribution in [0.3, 0.4) is 0 Å². The number of hydrogen-bond acceptors (Lipinski definition) is 5. The van der Waals surface area contributed by atoms with Gasteiger partial charge in [0.15, 0.2) is 5.13 Å². The zero-order valence-corrected chi connectivity index (χ0v) is 15.9. The Morgan fingerprint density at radius 2 is 1.77 bits per heavy atom. The number of thiazole rings is 1. The highest BCUT2D eigenvalue weighted by Crippen LogP contribution is 2.36. The molecule has 0 aliphatic carbocycles. The summed E-state index contributed by atoms with van der Waals surface area (Å²) in [6, 6.07) is 5.27. The fourth-order valence-electron chi connectivity index (χ4n) is 2.79. The highest BCUT2D eigenvalue weighted by atomic mass is 32.2. The molecule has 1 saturated heterocycles. The third-order valence-corrected chi connectivity index (χ3v) is 7.39. The van der Waals surface area contributed by atoms with Crippen LogP contribution in [-0.4, -0.2) is 43.9 Å². The Morgan fingerprint density at radius 3 is 2.35 bits per heavy atom. The number of anilines is 1. The molecule has 0 amide bonds. The summed E-state index contributed by atoms with van der Waals surface area (Å²) in [5.74, 6) is 0. The Labute approximate surface area is 154 Å². The van der Waals surface area contributed by atoms with E-state index in [0.29, 0.717) is 30.0 Å². The van der Waals surface area contributed by atoms with Crippen molar-refractivity contribution >= 4 is 26.5 Å². The molecule has 0 spiro atoms. The molecule has 1 fully saturated rings. The summed E-state index contributed by atoms with van der Waals surface area (Å²) in [4.78, 5) is 5.05. The van der Waals surface area contributed by atoms with Crippen molar-refractivity contribution in [1.82, 2.24) is 9.29 Å². The highest BCUT2D eigenvalue weighted by molar-refractivity contribution is 7.89. The van der Waals surface area contributed by atoms with Gasteiger partial charge in [-0.3, -0.25) is 0 Å². The molecule has 26 heavy (non-hydrogen) atoms. The molecule has 0 N–H and O–H groups in total. The molecule has 1 aromatic carbocycles. The van der Waals surface area contributed by atoms with Crippen molar-refractivity contribution in [2.24, 2.45) is 0 Å². The average Bonchev–Trinajstić information content (AvgIpc) is 3.07. The van der Waals surface area contributed by atoms with Gasteiger partial charge in [0, 0.05) is 26.2 Å². The van der Waals surface area contributed by atoms with Crippen LogP contribution in [0.4, 0.5) is 18.3 Å². The van der Waals surface area contributed by atoms with E-state index < -0.39 is 21.1 Å². The lowest BCUT2D eigenvalue weighted by atomic mass is 10.2. The fraction of sp³-hybridized carbons (Fsp3) is 0.438. The van der Waals surface area contributed by atoms with Crippen molar-refractivity contribution in [2.45, 2.75) is 24.9 Å². The van der Waals surface area contributed by atoms with Gasteiger partial charge in [-0.05, 0) is 31.0 Å². The van der Waals surface area contributed by atoms with Crippen molar-refractivity contribution in [2.75, 3.05) is 31.1 Å². The van der Waals surface area contributed by atoms with Gasteiger partial charge in [-0.15, -0.1) is 0 Å². The summed E-state index contributed by atoms with van der Waals surface area (Å²) in [6.45, 7) is 4.59. The topological polar surface area (TPSA) is 53.5 Å². The van der Waals surface area contributed by atoms with Gasteiger partial charge in [0.25, 0.3) is 0 Å². The number of hydrogen-bond donors (Lipinski definition) is 0. The van der Waals surface area contributed by atoms with Crippen LogP contribution in [0.15, 0.2) is 29.3 Å². The van der Waals surface area contributed by atoms with Crippen LogP contribution in [0.1, 0.15) is 16.0 Å². The Hall–Kier alpha value is -1.65. The molecule has 2 heterocycles. The maximum Gasteiger partial charge on any atom is 0.427 e. The van der Waals surface area contributed by atoms with E-state index >= 15 is 0 Å². The summed E-state index contributed by atoms with van der Waals surface area (Å²) in [6.07, 6.45) is -3.59. The quantitative estimate of drug-likeness (QED) is 0.786. The zero-order valence-electron chi connectivity index (χ0n) is 14.2. The van der Waals surface area contributed by atoms with Gasteiger partial charge in [-0.1, -0.05) is 23.5 Å². The summed E-state index contributed by atoms with van der Waals surface area (Å²) in [5, 5.41) is 0.265. The summed E-state index contributed by atoms with van der Waals surface area (Å²) >= 11 is 0.578. The molecule has 1 aliphatic rings. The molecule has 3 rings (SSSR count). The largest absolute Gasteiger partial charge is 0.427 e. The van der Waals surface area contributed by atoms with Gasteiger partial charge in [0.05, 0.1) is 11.1 Å². The number of aromatic nitrogens is 1. The number of piperazine rings is 1. The van der Waals surface area contributed by atoms with E-state index in [1.54, 1.807) is 24.0 Å². The third-order valence-electron chi connectivity index (χ3n) is 4.24. The van der Waals surface area contributed by atoms with Crippen molar-refractivity contribution in [3.8, 4) is 0 Å². The van der Waals surface area contributed by atoms with E-state index in [1.807, 2.05) is 13.0 Å². The van der Waals surface area contributed by atoms with Crippen LogP contribution in [0.5, 0.6) is 0 Å². The number of alkyl halides is 3. The lowest BCUT2D eigenvalue weighted by molar-refractivity contribution is -0.134. The van der Waals surface area contributed by atoms with Gasteiger partial charge in [-0.2, -0.15) is 17.5 Å². The molecule has 0 atom stereocenters. The van der Waals surface area contributed by atoms with Crippen molar-refractivity contribution in [3.05, 3.63) is 40.4 Å². The van der Waals surface area contributed by atoms with E-state index in [4.69, 9.17) is 0 Å². The van der Waals surface area contributed by atoms with Crippen LogP contribution >= 0.6 is 11.3 Å². The first-order valence-electron chi connectivity index (χ1n) is 7.94. The second-order valence-electron chi connectivity index (χ2n) is 6.16. The van der Waals surface area contributed by atoms with Crippen LogP contribution in [0.2, 0.25) is 0 Å². The second kappa shape index (κ2) is 6.82. The zero-order chi connectivity index (χ0) is 19.1. The normalized spacial score (nSPS) is 16.9. The SMILES string of the molecule is Cc1ccc(C)c(S(=O)(=O)N2CCN(c3ncc(C(F)(F)F)s3)CC2)c1. The summed E-state index contributed by atoms with van der Waals surface area (Å²) < 4.78 is 65.3. The molecule has 0 saturated carbocycles. The Bertz CT molecular complexity index is 902. The van der Waals surface area contributed by atoms with Gasteiger partial charge in [-0.25, -0.2) is 13.4 Å². The van der Waals surface area contributed by atoms with Gasteiger partial charge < -0.3 is 4.90 Å². The number of nitrogens with zero attached hydrogens (tertiary/aromatic N) is 3. The average molecular weight is 405 g/mol. The third kappa shape index (κ3) is 3.72. The van der Waals surface area contributed by atoms with E-state index in [1.165, 1.54) is 4.31 Å². The number of aryl methyl sites for hydroxylation is 2. The first kappa shape index (κ1) is 19.1. The van der Waals surface area contributed by atoms with Crippen molar-refractivity contribution in [1.29, 1.82) is 0 Å². The fourth-order valence-corrected chi connectivity index (χ4v) is 5.35. The second-order valence-corrected chi connectivity index (χ2v) is 9.08. The lowest BCUT2D eigenvalue weighted by Crippen LogP contribution is -2.48. The molecule has 0 radical (unpaired) electrons. The van der Waals surface area contributed by atoms with Gasteiger partial charge in [0.2, 0.25) is 10.0 Å². The lowest BCUT2D eigenvalue weighted by Gasteiger charge is -2.34. The Morgan fingerprint density at radius 1 is 1.12 bits per heavy atom. The predicted octanol–water partition coefficient (Wildman–Crippen LogP) is 3.29. The maximum absolute atomic E-state index is 12.9.